The van der Waals surface area contributed by atoms with Crippen LogP contribution in [-0.2, 0) is 10.0 Å². The highest BCUT2D eigenvalue weighted by Crippen LogP contribution is 2.19. The van der Waals surface area contributed by atoms with Crippen LogP contribution in [0, 0.1) is 17.8 Å². The molecule has 0 amide bonds. The van der Waals surface area contributed by atoms with E-state index in [9.17, 15) is 8.42 Å². The summed E-state index contributed by atoms with van der Waals surface area (Å²) in [5.74, 6) is 1.53. The number of rotatable bonds is 9. The van der Waals surface area contributed by atoms with Crippen LogP contribution in [0.4, 0.5) is 0 Å². The molecule has 4 nitrogen and oxygen atoms in total. The van der Waals surface area contributed by atoms with Gasteiger partial charge in [-0.25, -0.2) is 13.1 Å². The molecule has 17 heavy (non-hydrogen) atoms. The van der Waals surface area contributed by atoms with Crippen molar-refractivity contribution >= 4 is 10.0 Å². The maximum Gasteiger partial charge on any atom is 0.212 e. The Morgan fingerprint density at radius 3 is 2.00 bits per heavy atom. The van der Waals surface area contributed by atoms with Gasteiger partial charge >= 0.3 is 0 Å². The molecular formula is C12H28N2O2S. The SMILES string of the molecule is CCNCCS(=O)(=O)NCC(C(C)C)C(C)C. The Balaban J connectivity index is 4.15. The third kappa shape index (κ3) is 7.73. The fraction of sp³-hybridized carbons (Fsp3) is 1.00. The highest BCUT2D eigenvalue weighted by atomic mass is 32.2. The third-order valence-corrected chi connectivity index (χ3v) is 4.40. The Kier molecular flexibility index (Phi) is 8.00. The van der Waals surface area contributed by atoms with Crippen LogP contribution in [0.25, 0.3) is 0 Å². The number of hydrogen-bond donors (Lipinski definition) is 2. The molecule has 0 aliphatic carbocycles. The molecule has 0 aliphatic rings. The zero-order valence-corrected chi connectivity index (χ0v) is 12.6. The van der Waals surface area contributed by atoms with Gasteiger partial charge in [-0.15, -0.1) is 0 Å². The van der Waals surface area contributed by atoms with E-state index in [4.69, 9.17) is 0 Å². The molecule has 0 aromatic rings. The first kappa shape index (κ1) is 16.9. The van der Waals surface area contributed by atoms with Crippen molar-refractivity contribution in [3.63, 3.8) is 0 Å². The lowest BCUT2D eigenvalue weighted by atomic mass is 9.86. The summed E-state index contributed by atoms with van der Waals surface area (Å²) in [6.07, 6.45) is 0. The molecule has 0 bridgehead atoms. The van der Waals surface area contributed by atoms with Crippen LogP contribution < -0.4 is 10.0 Å². The normalized spacial score (nSPS) is 12.9. The molecule has 2 N–H and O–H groups in total. The first-order valence-electron chi connectivity index (χ1n) is 6.48. The van der Waals surface area contributed by atoms with Crippen molar-refractivity contribution in [1.82, 2.24) is 10.0 Å². The van der Waals surface area contributed by atoms with Gasteiger partial charge < -0.3 is 5.32 Å². The smallest absolute Gasteiger partial charge is 0.212 e. The number of nitrogens with one attached hydrogen (secondary N) is 2. The Bertz CT molecular complexity index is 279. The molecule has 0 radical (unpaired) electrons. The summed E-state index contributed by atoms with van der Waals surface area (Å²) in [5, 5.41) is 3.02. The molecule has 0 aromatic heterocycles. The lowest BCUT2D eigenvalue weighted by Crippen LogP contribution is -2.37. The Labute approximate surface area is 107 Å². The molecular weight excluding hydrogens is 236 g/mol. The van der Waals surface area contributed by atoms with Crippen molar-refractivity contribution < 1.29 is 8.42 Å². The second-order valence-corrected chi connectivity index (χ2v) is 7.10. The molecule has 0 saturated heterocycles. The largest absolute Gasteiger partial charge is 0.316 e. The summed E-state index contributed by atoms with van der Waals surface area (Å²) in [7, 11) is -3.13. The highest BCUT2D eigenvalue weighted by molar-refractivity contribution is 7.89. The maximum absolute atomic E-state index is 11.7. The number of sulfonamides is 1. The molecule has 0 spiro atoms. The quantitative estimate of drug-likeness (QED) is 0.620. The van der Waals surface area contributed by atoms with Crippen molar-refractivity contribution in [2.24, 2.45) is 17.8 Å². The van der Waals surface area contributed by atoms with Crippen molar-refractivity contribution in [1.29, 1.82) is 0 Å². The molecule has 0 saturated carbocycles. The molecule has 0 heterocycles. The van der Waals surface area contributed by atoms with Gasteiger partial charge in [0.1, 0.15) is 0 Å². The lowest BCUT2D eigenvalue weighted by Gasteiger charge is -2.25. The molecule has 0 atom stereocenters. The maximum atomic E-state index is 11.7. The van der Waals surface area contributed by atoms with E-state index in [1.165, 1.54) is 0 Å². The van der Waals surface area contributed by atoms with Crippen LogP contribution in [0.15, 0.2) is 0 Å². The Hall–Kier alpha value is -0.130. The van der Waals surface area contributed by atoms with Crippen molar-refractivity contribution in [3.8, 4) is 0 Å². The highest BCUT2D eigenvalue weighted by Gasteiger charge is 2.20. The Morgan fingerprint density at radius 1 is 1.06 bits per heavy atom. The zero-order chi connectivity index (χ0) is 13.5. The van der Waals surface area contributed by atoms with E-state index in [0.29, 0.717) is 30.8 Å². The van der Waals surface area contributed by atoms with Gasteiger partial charge in [-0.2, -0.15) is 0 Å². The van der Waals surface area contributed by atoms with Gasteiger partial charge in [-0.1, -0.05) is 34.6 Å². The summed E-state index contributed by atoms with van der Waals surface area (Å²) < 4.78 is 26.1. The third-order valence-electron chi connectivity index (χ3n) is 3.05. The lowest BCUT2D eigenvalue weighted by molar-refractivity contribution is 0.289. The van der Waals surface area contributed by atoms with Gasteiger partial charge in [0, 0.05) is 13.1 Å². The van der Waals surface area contributed by atoms with Crippen molar-refractivity contribution in [2.75, 3.05) is 25.4 Å². The summed E-state index contributed by atoms with van der Waals surface area (Å²) >= 11 is 0. The Morgan fingerprint density at radius 2 is 1.59 bits per heavy atom. The van der Waals surface area contributed by atoms with Crippen molar-refractivity contribution in [2.45, 2.75) is 34.6 Å². The van der Waals surface area contributed by atoms with Crippen molar-refractivity contribution in [3.05, 3.63) is 0 Å². The number of hydrogen-bond acceptors (Lipinski definition) is 3. The van der Waals surface area contributed by atoms with E-state index in [1.807, 2.05) is 6.92 Å². The summed E-state index contributed by atoms with van der Waals surface area (Å²) in [6, 6.07) is 0. The van der Waals surface area contributed by atoms with E-state index in [2.05, 4.69) is 37.7 Å². The summed E-state index contributed by atoms with van der Waals surface area (Å²) in [4.78, 5) is 0. The standard InChI is InChI=1S/C12H28N2O2S/c1-6-13-7-8-17(15,16)14-9-12(10(2)3)11(4)5/h10-14H,6-9H2,1-5H3. The molecule has 0 rings (SSSR count). The molecule has 104 valence electrons. The van der Waals surface area contributed by atoms with E-state index < -0.39 is 10.0 Å². The predicted octanol–water partition coefficient (Wildman–Crippen LogP) is 1.44. The van der Waals surface area contributed by atoms with Gasteiger partial charge in [0.05, 0.1) is 5.75 Å². The molecule has 0 fully saturated rings. The van der Waals surface area contributed by atoms with Gasteiger partial charge in [0.25, 0.3) is 0 Å². The van der Waals surface area contributed by atoms with Crippen LogP contribution in [0.5, 0.6) is 0 Å². The molecule has 0 aliphatic heterocycles. The average Bonchev–Trinajstić information content (AvgIpc) is 2.16. The van der Waals surface area contributed by atoms with E-state index in [0.717, 1.165) is 6.54 Å². The second-order valence-electron chi connectivity index (χ2n) is 5.17. The minimum Gasteiger partial charge on any atom is -0.316 e. The topological polar surface area (TPSA) is 58.2 Å². The molecule has 0 unspecified atom stereocenters. The van der Waals surface area contributed by atoms with Gasteiger partial charge in [0.2, 0.25) is 10.0 Å². The summed E-state index contributed by atoms with van der Waals surface area (Å²) in [5.41, 5.74) is 0. The average molecular weight is 264 g/mol. The molecule has 0 aromatic carbocycles. The van der Waals surface area contributed by atoms with Crippen LogP contribution in [0.1, 0.15) is 34.6 Å². The zero-order valence-electron chi connectivity index (χ0n) is 11.8. The minimum absolute atomic E-state index is 0.156. The molecule has 5 heteroatoms. The minimum atomic E-state index is -3.13. The van der Waals surface area contributed by atoms with Crippen LogP contribution in [-0.4, -0.2) is 33.8 Å². The second kappa shape index (κ2) is 8.06. The van der Waals surface area contributed by atoms with E-state index >= 15 is 0 Å². The van der Waals surface area contributed by atoms with Crippen LogP contribution >= 0.6 is 0 Å². The first-order valence-corrected chi connectivity index (χ1v) is 8.13. The van der Waals surface area contributed by atoms with Gasteiger partial charge in [-0.3, -0.25) is 0 Å². The van der Waals surface area contributed by atoms with Gasteiger partial charge in [0.15, 0.2) is 0 Å². The summed E-state index contributed by atoms with van der Waals surface area (Å²) in [6.45, 7) is 12.4. The van der Waals surface area contributed by atoms with E-state index in [-0.39, 0.29) is 5.75 Å². The first-order chi connectivity index (χ1) is 7.80. The van der Waals surface area contributed by atoms with Crippen LogP contribution in [0.2, 0.25) is 0 Å². The fourth-order valence-electron chi connectivity index (χ4n) is 1.92. The van der Waals surface area contributed by atoms with Gasteiger partial charge in [-0.05, 0) is 24.3 Å². The fourth-order valence-corrected chi connectivity index (χ4v) is 2.92. The van der Waals surface area contributed by atoms with E-state index in [1.54, 1.807) is 0 Å². The monoisotopic (exact) mass is 264 g/mol. The predicted molar refractivity (Wildman–Crippen MR) is 73.5 cm³/mol. The van der Waals surface area contributed by atoms with Crippen LogP contribution in [0.3, 0.4) is 0 Å².